The Morgan fingerprint density at radius 1 is 1.35 bits per heavy atom. The zero-order chi connectivity index (χ0) is 19.7. The molecule has 0 unspecified atom stereocenters. The smallest absolute Gasteiger partial charge is 0.331 e. The zero-order valence-corrected chi connectivity index (χ0v) is 15.5. The molecule has 0 saturated heterocycles. The summed E-state index contributed by atoms with van der Waals surface area (Å²) in [7, 11) is 1.23. The van der Waals surface area contributed by atoms with Gasteiger partial charge in [-0.15, -0.1) is 0 Å². The second kappa shape index (κ2) is 10.6. The van der Waals surface area contributed by atoms with E-state index in [4.69, 9.17) is 16.3 Å². The minimum absolute atomic E-state index is 0.0706. The van der Waals surface area contributed by atoms with Crippen LogP contribution in [0, 0.1) is 11.7 Å². The molecule has 0 bridgehead atoms. The maximum absolute atomic E-state index is 13.1. The van der Waals surface area contributed by atoms with E-state index in [-0.39, 0.29) is 10.9 Å². The lowest BCUT2D eigenvalue weighted by molar-refractivity contribution is -0.148. The number of amides is 1. The van der Waals surface area contributed by atoms with E-state index < -0.39 is 36.3 Å². The number of rotatable bonds is 8. The zero-order valence-electron chi connectivity index (χ0n) is 14.8. The van der Waals surface area contributed by atoms with Crippen LogP contribution in [0.1, 0.15) is 25.8 Å². The van der Waals surface area contributed by atoms with Crippen LogP contribution in [0.4, 0.5) is 4.39 Å². The molecule has 0 aliphatic rings. The third kappa shape index (κ3) is 6.84. The fourth-order valence-electron chi connectivity index (χ4n) is 1.98. The van der Waals surface area contributed by atoms with Crippen molar-refractivity contribution >= 4 is 35.5 Å². The number of ether oxygens (including phenoxy) is 2. The van der Waals surface area contributed by atoms with Gasteiger partial charge in [0.05, 0.1) is 12.1 Å². The van der Waals surface area contributed by atoms with Crippen molar-refractivity contribution < 1.29 is 28.2 Å². The number of esters is 2. The van der Waals surface area contributed by atoms with Crippen molar-refractivity contribution in [1.29, 1.82) is 0 Å². The van der Waals surface area contributed by atoms with Crippen LogP contribution in [0.5, 0.6) is 0 Å². The van der Waals surface area contributed by atoms with E-state index in [1.165, 1.54) is 31.4 Å². The Labute approximate surface area is 156 Å². The number of carbonyl (C=O) groups excluding carboxylic acids is 3. The first-order valence-electron chi connectivity index (χ1n) is 7.95. The first-order valence-corrected chi connectivity index (χ1v) is 8.33. The molecule has 1 N–H and O–H groups in total. The second-order valence-corrected chi connectivity index (χ2v) is 5.98. The van der Waals surface area contributed by atoms with Gasteiger partial charge in [0, 0.05) is 6.08 Å². The summed E-state index contributed by atoms with van der Waals surface area (Å²) in [5, 5.41) is 2.42. The monoisotopic (exact) mass is 385 g/mol. The topological polar surface area (TPSA) is 81.7 Å². The van der Waals surface area contributed by atoms with Crippen LogP contribution in [0.25, 0.3) is 6.08 Å². The normalized spacial score (nSPS) is 13.1. The number of halogens is 2. The fraction of sp³-hybridized carbons (Fsp3) is 0.389. The third-order valence-electron chi connectivity index (χ3n) is 3.69. The van der Waals surface area contributed by atoms with E-state index in [1.54, 1.807) is 6.92 Å². The molecule has 1 aromatic rings. The number of nitrogens with one attached hydrogen (secondary N) is 1. The fourth-order valence-corrected chi connectivity index (χ4v) is 2.17. The molecule has 0 aliphatic heterocycles. The Kier molecular flexibility index (Phi) is 8.78. The maximum atomic E-state index is 13.1. The van der Waals surface area contributed by atoms with Crippen molar-refractivity contribution in [3.05, 3.63) is 40.7 Å². The highest BCUT2D eigenvalue weighted by atomic mass is 35.5. The van der Waals surface area contributed by atoms with Gasteiger partial charge in [0.15, 0.2) is 6.61 Å². The van der Waals surface area contributed by atoms with Gasteiger partial charge in [-0.3, -0.25) is 4.79 Å². The summed E-state index contributed by atoms with van der Waals surface area (Å²) in [5.41, 5.74) is 0.500. The Morgan fingerprint density at radius 2 is 2.04 bits per heavy atom. The molecule has 0 heterocycles. The summed E-state index contributed by atoms with van der Waals surface area (Å²) in [6.07, 6.45) is 3.12. The lowest BCUT2D eigenvalue weighted by Crippen LogP contribution is -2.47. The van der Waals surface area contributed by atoms with E-state index in [2.05, 4.69) is 10.1 Å². The summed E-state index contributed by atoms with van der Waals surface area (Å²) >= 11 is 5.64. The molecule has 6 nitrogen and oxygen atoms in total. The van der Waals surface area contributed by atoms with E-state index in [0.717, 1.165) is 6.08 Å². The molecule has 1 rings (SSSR count). The van der Waals surface area contributed by atoms with E-state index >= 15 is 0 Å². The average molecular weight is 386 g/mol. The van der Waals surface area contributed by atoms with Crippen molar-refractivity contribution in [2.75, 3.05) is 13.7 Å². The molecular weight excluding hydrogens is 365 g/mol. The van der Waals surface area contributed by atoms with Crippen molar-refractivity contribution in [3.63, 3.8) is 0 Å². The van der Waals surface area contributed by atoms with Gasteiger partial charge in [-0.05, 0) is 29.7 Å². The second-order valence-electron chi connectivity index (χ2n) is 5.57. The summed E-state index contributed by atoms with van der Waals surface area (Å²) in [4.78, 5) is 35.2. The summed E-state index contributed by atoms with van der Waals surface area (Å²) < 4.78 is 22.5. The standard InChI is InChI=1S/C18H21ClFNO5/c1-4-11(2)17(18(24)25-3)21-15(22)10-26-16(23)8-6-12-5-7-14(20)13(19)9-12/h5-9,11,17H,4,10H2,1-3H3,(H,21,22)/b8-6+/t11-,17+/m1/s1. The summed E-state index contributed by atoms with van der Waals surface area (Å²) in [6.45, 7) is 3.13. The van der Waals surface area contributed by atoms with Crippen LogP contribution in [0.3, 0.4) is 0 Å². The van der Waals surface area contributed by atoms with Gasteiger partial charge >= 0.3 is 11.9 Å². The van der Waals surface area contributed by atoms with Crippen LogP contribution in [-0.2, 0) is 23.9 Å². The number of hydrogen-bond donors (Lipinski definition) is 1. The highest BCUT2D eigenvalue weighted by Crippen LogP contribution is 2.16. The lowest BCUT2D eigenvalue weighted by Gasteiger charge is -2.21. The van der Waals surface area contributed by atoms with E-state index in [1.807, 2.05) is 6.92 Å². The number of methoxy groups -OCH3 is 1. The molecule has 0 saturated carbocycles. The molecule has 2 atom stereocenters. The number of carbonyl (C=O) groups is 3. The predicted octanol–water partition coefficient (Wildman–Crippen LogP) is 2.74. The van der Waals surface area contributed by atoms with Crippen LogP contribution < -0.4 is 5.32 Å². The summed E-state index contributed by atoms with van der Waals surface area (Å²) in [5.74, 6) is -2.65. The first kappa shape index (κ1) is 21.6. The largest absolute Gasteiger partial charge is 0.467 e. The average Bonchev–Trinajstić information content (AvgIpc) is 2.64. The quantitative estimate of drug-likeness (QED) is 0.549. The molecule has 142 valence electrons. The van der Waals surface area contributed by atoms with Crippen LogP contribution >= 0.6 is 11.6 Å². The number of benzene rings is 1. The summed E-state index contributed by atoms with van der Waals surface area (Å²) in [6, 6.07) is 3.14. The van der Waals surface area contributed by atoms with Gasteiger partial charge in [0.1, 0.15) is 11.9 Å². The van der Waals surface area contributed by atoms with Gasteiger partial charge in [0.25, 0.3) is 5.91 Å². The van der Waals surface area contributed by atoms with Crippen LogP contribution in [0.2, 0.25) is 5.02 Å². The van der Waals surface area contributed by atoms with Gasteiger partial charge in [-0.2, -0.15) is 0 Å². The molecular formula is C18H21ClFNO5. The third-order valence-corrected chi connectivity index (χ3v) is 3.98. The Balaban J connectivity index is 2.54. The van der Waals surface area contributed by atoms with Crippen molar-refractivity contribution in [1.82, 2.24) is 5.32 Å². The molecule has 0 aromatic heterocycles. The number of hydrogen-bond acceptors (Lipinski definition) is 5. The van der Waals surface area contributed by atoms with Gasteiger partial charge < -0.3 is 14.8 Å². The van der Waals surface area contributed by atoms with E-state index in [0.29, 0.717) is 12.0 Å². The SMILES string of the molecule is CC[C@@H](C)[C@H](NC(=O)COC(=O)/C=C/c1ccc(F)c(Cl)c1)C(=O)OC. The molecule has 0 radical (unpaired) electrons. The maximum Gasteiger partial charge on any atom is 0.331 e. The Morgan fingerprint density at radius 3 is 2.62 bits per heavy atom. The predicted molar refractivity (Wildman–Crippen MR) is 94.8 cm³/mol. The Bertz CT molecular complexity index is 692. The molecule has 1 amide bonds. The minimum atomic E-state index is -0.812. The van der Waals surface area contributed by atoms with Gasteiger partial charge in [-0.25, -0.2) is 14.0 Å². The highest BCUT2D eigenvalue weighted by Gasteiger charge is 2.26. The molecule has 26 heavy (non-hydrogen) atoms. The lowest BCUT2D eigenvalue weighted by atomic mass is 9.99. The first-order chi connectivity index (χ1) is 12.3. The van der Waals surface area contributed by atoms with Crippen molar-refractivity contribution in [2.24, 2.45) is 5.92 Å². The molecule has 1 aromatic carbocycles. The van der Waals surface area contributed by atoms with Crippen molar-refractivity contribution in [2.45, 2.75) is 26.3 Å². The van der Waals surface area contributed by atoms with Crippen LogP contribution in [0.15, 0.2) is 24.3 Å². The Hall–Kier alpha value is -2.41. The molecule has 0 spiro atoms. The molecule has 0 aliphatic carbocycles. The van der Waals surface area contributed by atoms with Gasteiger partial charge in [-0.1, -0.05) is 37.9 Å². The van der Waals surface area contributed by atoms with E-state index in [9.17, 15) is 18.8 Å². The minimum Gasteiger partial charge on any atom is -0.467 e. The molecule has 0 fully saturated rings. The van der Waals surface area contributed by atoms with Gasteiger partial charge in [0.2, 0.25) is 0 Å². The highest BCUT2D eigenvalue weighted by molar-refractivity contribution is 6.30. The molecule has 8 heteroatoms. The van der Waals surface area contributed by atoms with Crippen molar-refractivity contribution in [3.8, 4) is 0 Å². The van der Waals surface area contributed by atoms with Crippen LogP contribution in [-0.4, -0.2) is 37.6 Å².